The standard InChI is InChI=1S/C23H14ClNO3/c24-21-12-5-4-11-20(21)23(27)28-19-10-6-7-16(14-19)13-18(15-25)22(26)17-8-2-1-3-9-17/h1-14H/b18-13+. The number of ketones is 1. The maximum Gasteiger partial charge on any atom is 0.345 e. The first-order chi connectivity index (χ1) is 13.6. The first-order valence-electron chi connectivity index (χ1n) is 8.37. The highest BCUT2D eigenvalue weighted by Gasteiger charge is 2.14. The van der Waals surface area contributed by atoms with Gasteiger partial charge in [-0.25, -0.2) is 4.79 Å². The zero-order valence-electron chi connectivity index (χ0n) is 14.6. The Balaban J connectivity index is 1.83. The lowest BCUT2D eigenvalue weighted by Gasteiger charge is -2.06. The SMILES string of the molecule is N#C/C(=C\c1cccc(OC(=O)c2ccccc2Cl)c1)C(=O)c1ccccc1. The lowest BCUT2D eigenvalue weighted by atomic mass is 10.0. The van der Waals surface area contributed by atoms with E-state index in [-0.39, 0.29) is 22.7 Å². The number of benzene rings is 3. The molecule has 0 heterocycles. The Labute approximate surface area is 167 Å². The van der Waals surface area contributed by atoms with Crippen molar-refractivity contribution in [3.05, 3.63) is 106 Å². The van der Waals surface area contributed by atoms with Crippen LogP contribution in [-0.2, 0) is 0 Å². The van der Waals surface area contributed by atoms with E-state index in [4.69, 9.17) is 16.3 Å². The summed E-state index contributed by atoms with van der Waals surface area (Å²) in [7, 11) is 0. The summed E-state index contributed by atoms with van der Waals surface area (Å²) in [6.07, 6.45) is 1.46. The summed E-state index contributed by atoms with van der Waals surface area (Å²) in [5.74, 6) is -0.683. The van der Waals surface area contributed by atoms with Crippen LogP contribution < -0.4 is 4.74 Å². The molecule has 136 valence electrons. The number of Topliss-reactive ketones (excluding diaryl/α,β-unsaturated/α-hetero) is 1. The summed E-state index contributed by atoms with van der Waals surface area (Å²) in [4.78, 5) is 24.8. The summed E-state index contributed by atoms with van der Waals surface area (Å²) in [5.41, 5.74) is 1.23. The lowest BCUT2D eigenvalue weighted by molar-refractivity contribution is 0.0734. The quantitative estimate of drug-likeness (QED) is 0.194. The van der Waals surface area contributed by atoms with Crippen molar-refractivity contribution in [3.8, 4) is 11.8 Å². The van der Waals surface area contributed by atoms with Crippen LogP contribution in [0.15, 0.2) is 84.4 Å². The van der Waals surface area contributed by atoms with E-state index >= 15 is 0 Å². The minimum absolute atomic E-state index is 0.0132. The van der Waals surface area contributed by atoms with Crippen LogP contribution in [0.5, 0.6) is 5.75 Å². The molecule has 4 nitrogen and oxygen atoms in total. The van der Waals surface area contributed by atoms with Crippen molar-refractivity contribution in [2.45, 2.75) is 0 Å². The van der Waals surface area contributed by atoms with Gasteiger partial charge >= 0.3 is 5.97 Å². The van der Waals surface area contributed by atoms with Crippen molar-refractivity contribution in [1.29, 1.82) is 5.26 Å². The van der Waals surface area contributed by atoms with Crippen LogP contribution in [0.3, 0.4) is 0 Å². The van der Waals surface area contributed by atoms with Crippen LogP contribution in [0.1, 0.15) is 26.3 Å². The molecular weight excluding hydrogens is 374 g/mol. The highest BCUT2D eigenvalue weighted by atomic mass is 35.5. The smallest absolute Gasteiger partial charge is 0.345 e. The molecule has 0 aliphatic heterocycles. The predicted octanol–water partition coefficient (Wildman–Crippen LogP) is 5.35. The second-order valence-electron chi connectivity index (χ2n) is 5.81. The molecule has 0 saturated carbocycles. The molecule has 0 atom stereocenters. The molecule has 0 spiro atoms. The summed E-state index contributed by atoms with van der Waals surface area (Å²) in [5, 5.41) is 9.67. The second-order valence-corrected chi connectivity index (χ2v) is 6.21. The molecule has 3 rings (SSSR count). The van der Waals surface area contributed by atoms with Crippen LogP contribution in [0, 0.1) is 11.3 Å². The average molecular weight is 388 g/mol. The molecule has 0 aliphatic carbocycles. The number of nitrogens with zero attached hydrogens (tertiary/aromatic N) is 1. The van der Waals surface area contributed by atoms with E-state index in [0.29, 0.717) is 16.1 Å². The van der Waals surface area contributed by atoms with Crippen molar-refractivity contribution in [2.75, 3.05) is 0 Å². The average Bonchev–Trinajstić information content (AvgIpc) is 2.72. The molecule has 0 saturated heterocycles. The Morgan fingerprint density at radius 1 is 0.929 bits per heavy atom. The monoisotopic (exact) mass is 387 g/mol. The molecule has 0 aromatic heterocycles. The van der Waals surface area contributed by atoms with E-state index in [0.717, 1.165) is 0 Å². The number of carbonyl (C=O) groups is 2. The van der Waals surface area contributed by atoms with E-state index < -0.39 is 5.97 Å². The number of hydrogen-bond donors (Lipinski definition) is 0. The number of rotatable bonds is 5. The highest BCUT2D eigenvalue weighted by molar-refractivity contribution is 6.33. The van der Waals surface area contributed by atoms with Gasteiger partial charge in [-0.1, -0.05) is 66.2 Å². The molecule has 0 aliphatic rings. The van der Waals surface area contributed by atoms with Gasteiger partial charge in [-0.15, -0.1) is 0 Å². The third-order valence-corrected chi connectivity index (χ3v) is 4.20. The lowest BCUT2D eigenvalue weighted by Crippen LogP contribution is -2.09. The van der Waals surface area contributed by atoms with E-state index in [1.54, 1.807) is 78.9 Å². The van der Waals surface area contributed by atoms with Gasteiger partial charge in [-0.05, 0) is 35.9 Å². The largest absolute Gasteiger partial charge is 0.423 e. The first-order valence-corrected chi connectivity index (χ1v) is 8.74. The minimum Gasteiger partial charge on any atom is -0.423 e. The van der Waals surface area contributed by atoms with E-state index in [1.807, 2.05) is 6.07 Å². The van der Waals surface area contributed by atoms with Crippen molar-refractivity contribution >= 4 is 29.4 Å². The molecule has 3 aromatic carbocycles. The van der Waals surface area contributed by atoms with Gasteiger partial charge in [0.15, 0.2) is 0 Å². The molecule has 0 amide bonds. The van der Waals surface area contributed by atoms with Crippen LogP contribution >= 0.6 is 11.6 Å². The van der Waals surface area contributed by atoms with E-state index in [9.17, 15) is 14.9 Å². The Hall–Kier alpha value is -3.68. The maximum absolute atomic E-state index is 12.5. The number of carbonyl (C=O) groups excluding carboxylic acids is 2. The summed E-state index contributed by atoms with van der Waals surface area (Å²) in [6.45, 7) is 0. The second kappa shape index (κ2) is 8.81. The van der Waals surface area contributed by atoms with Gasteiger partial charge in [-0.2, -0.15) is 5.26 Å². The number of esters is 1. The third-order valence-electron chi connectivity index (χ3n) is 3.87. The predicted molar refractivity (Wildman–Crippen MR) is 107 cm³/mol. The van der Waals surface area contributed by atoms with Crippen LogP contribution in [0.25, 0.3) is 6.08 Å². The maximum atomic E-state index is 12.5. The molecular formula is C23H14ClNO3. The fraction of sp³-hybridized carbons (Fsp3) is 0. The first kappa shape index (κ1) is 19.1. The van der Waals surface area contributed by atoms with E-state index in [2.05, 4.69) is 0 Å². The third kappa shape index (κ3) is 4.53. The summed E-state index contributed by atoms with van der Waals surface area (Å²) < 4.78 is 5.36. The van der Waals surface area contributed by atoms with Gasteiger partial charge < -0.3 is 4.74 Å². The van der Waals surface area contributed by atoms with Gasteiger partial charge in [0, 0.05) is 5.56 Å². The Kier molecular flexibility index (Phi) is 6.01. The molecule has 28 heavy (non-hydrogen) atoms. The zero-order valence-corrected chi connectivity index (χ0v) is 15.4. The summed E-state index contributed by atoms with van der Waals surface area (Å²) >= 11 is 6.01. The molecule has 0 N–H and O–H groups in total. The van der Waals surface area contributed by atoms with Gasteiger partial charge in [0.25, 0.3) is 0 Å². The number of ether oxygens (including phenoxy) is 1. The van der Waals surface area contributed by atoms with Gasteiger partial charge in [0.05, 0.1) is 10.6 Å². The Morgan fingerprint density at radius 3 is 2.36 bits per heavy atom. The Bertz CT molecular complexity index is 1100. The normalized spacial score (nSPS) is 10.8. The van der Waals surface area contributed by atoms with Gasteiger partial charge in [0.1, 0.15) is 17.4 Å². The van der Waals surface area contributed by atoms with Gasteiger partial charge in [0.2, 0.25) is 5.78 Å². The fourth-order valence-corrected chi connectivity index (χ4v) is 2.73. The number of allylic oxidation sites excluding steroid dienone is 1. The minimum atomic E-state index is -0.590. The molecule has 3 aromatic rings. The number of nitriles is 1. The topological polar surface area (TPSA) is 67.2 Å². The fourth-order valence-electron chi connectivity index (χ4n) is 2.52. The molecule has 5 heteroatoms. The van der Waals surface area contributed by atoms with Crippen molar-refractivity contribution < 1.29 is 14.3 Å². The molecule has 0 bridgehead atoms. The van der Waals surface area contributed by atoms with Crippen LogP contribution in [-0.4, -0.2) is 11.8 Å². The molecule has 0 unspecified atom stereocenters. The summed E-state index contributed by atoms with van der Waals surface area (Å²) in [6, 6.07) is 23.6. The van der Waals surface area contributed by atoms with Crippen molar-refractivity contribution in [1.82, 2.24) is 0 Å². The molecule has 0 fully saturated rings. The van der Waals surface area contributed by atoms with E-state index in [1.165, 1.54) is 6.08 Å². The molecule has 0 radical (unpaired) electrons. The number of halogens is 1. The number of hydrogen-bond acceptors (Lipinski definition) is 4. The van der Waals surface area contributed by atoms with Crippen molar-refractivity contribution in [3.63, 3.8) is 0 Å². The van der Waals surface area contributed by atoms with Crippen molar-refractivity contribution in [2.24, 2.45) is 0 Å². The Morgan fingerprint density at radius 2 is 1.64 bits per heavy atom. The highest BCUT2D eigenvalue weighted by Crippen LogP contribution is 2.21. The van der Waals surface area contributed by atoms with Crippen LogP contribution in [0.2, 0.25) is 5.02 Å². The zero-order chi connectivity index (χ0) is 19.9. The van der Waals surface area contributed by atoms with Crippen LogP contribution in [0.4, 0.5) is 0 Å². The van der Waals surface area contributed by atoms with Gasteiger partial charge in [-0.3, -0.25) is 4.79 Å².